The number of nitrogens with zero attached hydrogens (tertiary/aromatic N) is 2. The molecule has 0 spiro atoms. The molecule has 1 fully saturated rings. The van der Waals surface area contributed by atoms with Crippen molar-refractivity contribution in [2.75, 3.05) is 45.0 Å². The third-order valence-electron chi connectivity index (χ3n) is 4.15. The zero-order valence-corrected chi connectivity index (χ0v) is 19.0. The quantitative estimate of drug-likeness (QED) is 0.188. The lowest BCUT2D eigenvalue weighted by atomic mass is 10.1. The Balaban J connectivity index is 0.00000312. The SMILES string of the molecule is CCNC(=NCC1CCN(CC)C1)NCCSc1ccc(Cl)cc1.I. The van der Waals surface area contributed by atoms with E-state index in [4.69, 9.17) is 16.6 Å². The first-order valence-electron chi connectivity index (χ1n) is 8.84. The number of hydrogen-bond donors (Lipinski definition) is 2. The van der Waals surface area contributed by atoms with Crippen molar-refractivity contribution in [1.29, 1.82) is 0 Å². The van der Waals surface area contributed by atoms with Crippen LogP contribution in [0.15, 0.2) is 34.2 Å². The van der Waals surface area contributed by atoms with Gasteiger partial charge in [-0.3, -0.25) is 4.99 Å². The number of hydrogen-bond acceptors (Lipinski definition) is 3. The van der Waals surface area contributed by atoms with Gasteiger partial charge in [-0.1, -0.05) is 18.5 Å². The molecule has 0 aromatic heterocycles. The summed E-state index contributed by atoms with van der Waals surface area (Å²) >= 11 is 7.73. The summed E-state index contributed by atoms with van der Waals surface area (Å²) in [5, 5.41) is 7.55. The summed E-state index contributed by atoms with van der Waals surface area (Å²) in [4.78, 5) is 8.51. The number of aliphatic imine (C=N–C) groups is 1. The van der Waals surface area contributed by atoms with Gasteiger partial charge in [-0.05, 0) is 56.6 Å². The van der Waals surface area contributed by atoms with Crippen LogP contribution in [0.1, 0.15) is 20.3 Å². The van der Waals surface area contributed by atoms with E-state index in [1.165, 1.54) is 24.4 Å². The second-order valence-corrected chi connectivity index (χ2v) is 7.60. The molecule has 2 rings (SSSR count). The normalized spacial score (nSPS) is 18.0. The molecule has 7 heteroatoms. The Hall–Kier alpha value is -0.180. The van der Waals surface area contributed by atoms with Gasteiger partial charge in [0.05, 0.1) is 0 Å². The van der Waals surface area contributed by atoms with Gasteiger partial charge in [0.2, 0.25) is 0 Å². The van der Waals surface area contributed by atoms with Crippen LogP contribution in [0, 0.1) is 5.92 Å². The van der Waals surface area contributed by atoms with Crippen LogP contribution in [0.25, 0.3) is 0 Å². The maximum Gasteiger partial charge on any atom is 0.191 e. The highest BCUT2D eigenvalue weighted by Crippen LogP contribution is 2.19. The zero-order valence-electron chi connectivity index (χ0n) is 15.1. The first-order chi connectivity index (χ1) is 11.7. The molecule has 0 radical (unpaired) electrons. The predicted molar refractivity (Wildman–Crippen MR) is 122 cm³/mol. The number of benzene rings is 1. The van der Waals surface area contributed by atoms with Crippen molar-refractivity contribution in [2.24, 2.45) is 10.9 Å². The molecule has 1 aliphatic heterocycles. The maximum atomic E-state index is 5.91. The largest absolute Gasteiger partial charge is 0.357 e. The lowest BCUT2D eigenvalue weighted by molar-refractivity contribution is 0.343. The number of guanidine groups is 1. The van der Waals surface area contributed by atoms with Gasteiger partial charge in [0.15, 0.2) is 5.96 Å². The molecule has 25 heavy (non-hydrogen) atoms. The summed E-state index contributed by atoms with van der Waals surface area (Å²) in [5.41, 5.74) is 0. The van der Waals surface area contributed by atoms with Gasteiger partial charge in [0.1, 0.15) is 0 Å². The zero-order chi connectivity index (χ0) is 17.2. The molecule has 1 aromatic rings. The smallest absolute Gasteiger partial charge is 0.191 e. The standard InChI is InChI=1S/C18H29ClN4S.HI/c1-3-20-18(22-13-15-9-11-23(4-2)14-15)21-10-12-24-17-7-5-16(19)6-8-17;/h5-8,15H,3-4,9-14H2,1-2H3,(H2,20,21,22);1H. The number of rotatable bonds is 8. The molecule has 142 valence electrons. The van der Waals surface area contributed by atoms with Crippen LogP contribution in [-0.4, -0.2) is 55.9 Å². The van der Waals surface area contributed by atoms with E-state index in [0.717, 1.165) is 42.9 Å². The minimum absolute atomic E-state index is 0. The second kappa shape index (κ2) is 13.1. The topological polar surface area (TPSA) is 39.7 Å². The van der Waals surface area contributed by atoms with Gasteiger partial charge in [-0.2, -0.15) is 0 Å². The van der Waals surface area contributed by atoms with E-state index in [1.807, 2.05) is 23.9 Å². The van der Waals surface area contributed by atoms with Crippen molar-refractivity contribution >= 4 is 53.3 Å². The average Bonchev–Trinajstić information content (AvgIpc) is 3.06. The number of likely N-dealkylation sites (tertiary alicyclic amines) is 1. The van der Waals surface area contributed by atoms with Gasteiger partial charge < -0.3 is 15.5 Å². The Kier molecular flexibility index (Phi) is 11.9. The Morgan fingerprint density at radius 2 is 2.04 bits per heavy atom. The molecule has 1 atom stereocenters. The van der Waals surface area contributed by atoms with Gasteiger partial charge in [-0.15, -0.1) is 35.7 Å². The summed E-state index contributed by atoms with van der Waals surface area (Å²) in [6, 6.07) is 7.99. The maximum absolute atomic E-state index is 5.91. The van der Waals surface area contributed by atoms with Crippen LogP contribution in [0.2, 0.25) is 5.02 Å². The molecule has 0 bridgehead atoms. The van der Waals surface area contributed by atoms with Crippen LogP contribution < -0.4 is 10.6 Å². The molecule has 1 unspecified atom stereocenters. The first-order valence-corrected chi connectivity index (χ1v) is 10.2. The monoisotopic (exact) mass is 496 g/mol. The molecular formula is C18H30ClIN4S. The third-order valence-corrected chi connectivity index (χ3v) is 5.41. The Morgan fingerprint density at radius 1 is 1.28 bits per heavy atom. The Labute approximate surface area is 178 Å². The van der Waals surface area contributed by atoms with E-state index >= 15 is 0 Å². The summed E-state index contributed by atoms with van der Waals surface area (Å²) < 4.78 is 0. The van der Waals surface area contributed by atoms with Crippen LogP contribution in [-0.2, 0) is 0 Å². The van der Waals surface area contributed by atoms with Crippen LogP contribution in [0.4, 0.5) is 0 Å². The molecule has 0 saturated carbocycles. The second-order valence-electron chi connectivity index (χ2n) is 6.00. The van der Waals surface area contributed by atoms with E-state index < -0.39 is 0 Å². The molecule has 4 nitrogen and oxygen atoms in total. The minimum Gasteiger partial charge on any atom is -0.357 e. The van der Waals surface area contributed by atoms with Gasteiger partial charge >= 0.3 is 0 Å². The molecule has 1 aromatic carbocycles. The fraction of sp³-hybridized carbons (Fsp3) is 0.611. The Morgan fingerprint density at radius 3 is 2.68 bits per heavy atom. The lowest BCUT2D eigenvalue weighted by Crippen LogP contribution is -2.38. The van der Waals surface area contributed by atoms with Gasteiger partial charge in [0.25, 0.3) is 0 Å². The lowest BCUT2D eigenvalue weighted by Gasteiger charge is -2.14. The fourth-order valence-corrected chi connectivity index (χ4v) is 3.67. The number of thioether (sulfide) groups is 1. The van der Waals surface area contributed by atoms with Crippen molar-refractivity contribution in [3.05, 3.63) is 29.3 Å². The molecule has 1 aliphatic rings. The van der Waals surface area contributed by atoms with Crippen molar-refractivity contribution in [2.45, 2.75) is 25.2 Å². The van der Waals surface area contributed by atoms with E-state index in [0.29, 0.717) is 5.92 Å². The molecule has 2 N–H and O–H groups in total. The van der Waals surface area contributed by atoms with E-state index in [2.05, 4.69) is 41.5 Å². The molecular weight excluding hydrogens is 467 g/mol. The van der Waals surface area contributed by atoms with Crippen LogP contribution in [0.5, 0.6) is 0 Å². The summed E-state index contributed by atoms with van der Waals surface area (Å²) in [7, 11) is 0. The van der Waals surface area contributed by atoms with Crippen molar-refractivity contribution in [3.8, 4) is 0 Å². The number of nitrogens with one attached hydrogen (secondary N) is 2. The van der Waals surface area contributed by atoms with E-state index in [1.54, 1.807) is 0 Å². The minimum atomic E-state index is 0. The van der Waals surface area contributed by atoms with Gasteiger partial charge in [0, 0.05) is 41.8 Å². The van der Waals surface area contributed by atoms with Crippen LogP contribution in [0.3, 0.4) is 0 Å². The molecule has 1 saturated heterocycles. The van der Waals surface area contributed by atoms with Crippen molar-refractivity contribution < 1.29 is 0 Å². The molecule has 0 aliphatic carbocycles. The summed E-state index contributed by atoms with van der Waals surface area (Å²) in [6.07, 6.45) is 1.27. The fourth-order valence-electron chi connectivity index (χ4n) is 2.78. The average molecular weight is 497 g/mol. The first kappa shape index (κ1) is 22.9. The highest BCUT2D eigenvalue weighted by atomic mass is 127. The van der Waals surface area contributed by atoms with Crippen LogP contribution >= 0.6 is 47.3 Å². The molecule has 1 heterocycles. The molecule has 0 amide bonds. The van der Waals surface area contributed by atoms with Crippen molar-refractivity contribution in [1.82, 2.24) is 15.5 Å². The Bertz CT molecular complexity index is 512. The van der Waals surface area contributed by atoms with E-state index in [9.17, 15) is 0 Å². The highest BCUT2D eigenvalue weighted by Gasteiger charge is 2.20. The van der Waals surface area contributed by atoms with Gasteiger partial charge in [-0.25, -0.2) is 0 Å². The van der Waals surface area contributed by atoms with Crippen molar-refractivity contribution in [3.63, 3.8) is 0 Å². The highest BCUT2D eigenvalue weighted by molar-refractivity contribution is 14.0. The summed E-state index contributed by atoms with van der Waals surface area (Å²) in [6.45, 7) is 10.6. The van der Waals surface area contributed by atoms with E-state index in [-0.39, 0.29) is 24.0 Å². The summed E-state index contributed by atoms with van der Waals surface area (Å²) in [5.74, 6) is 2.63. The number of halogens is 2. The third kappa shape index (κ3) is 8.84. The predicted octanol–water partition coefficient (Wildman–Crippen LogP) is 3.95.